The molecule has 4 rings (SSSR count). The molecule has 0 bridgehead atoms. The number of nitrogens with one attached hydrogen (secondary N) is 1. The van der Waals surface area contributed by atoms with Crippen LogP contribution < -0.4 is 14.8 Å². The molecule has 2 heterocycles. The van der Waals surface area contributed by atoms with E-state index in [0.717, 1.165) is 4.47 Å². The molecular weight excluding hydrogens is 390 g/mol. The zero-order valence-electron chi connectivity index (χ0n) is 12.9. The smallest absolute Gasteiger partial charge is 0.322 e. The zero-order valence-corrected chi connectivity index (χ0v) is 14.4. The number of aromatic nitrogens is 2. The van der Waals surface area contributed by atoms with Crippen LogP contribution in [0, 0.1) is 0 Å². The summed E-state index contributed by atoms with van der Waals surface area (Å²) in [5.41, 5.74) is 1.16. The van der Waals surface area contributed by atoms with Gasteiger partial charge in [0, 0.05) is 15.6 Å². The van der Waals surface area contributed by atoms with Gasteiger partial charge < -0.3 is 13.9 Å². The topological polar surface area (TPSA) is 86.5 Å². The van der Waals surface area contributed by atoms with Crippen LogP contribution in [-0.2, 0) is 0 Å². The summed E-state index contributed by atoms with van der Waals surface area (Å²) in [5.74, 6) is 1.25. The van der Waals surface area contributed by atoms with Gasteiger partial charge in [0.05, 0.1) is 0 Å². The van der Waals surface area contributed by atoms with Gasteiger partial charge >= 0.3 is 6.01 Å². The molecule has 1 amide bonds. The highest BCUT2D eigenvalue weighted by atomic mass is 79.9. The van der Waals surface area contributed by atoms with E-state index in [4.69, 9.17) is 13.9 Å². The highest BCUT2D eigenvalue weighted by Crippen LogP contribution is 2.34. The third-order valence-corrected chi connectivity index (χ3v) is 4.01. The minimum absolute atomic E-state index is 0.0230. The molecule has 0 radical (unpaired) electrons. The maximum absolute atomic E-state index is 12.2. The lowest BCUT2D eigenvalue weighted by atomic mass is 10.2. The summed E-state index contributed by atoms with van der Waals surface area (Å²) in [6, 6.07) is 12.4. The normalized spacial score (nSPS) is 12.7. The van der Waals surface area contributed by atoms with Crippen molar-refractivity contribution >= 4 is 27.9 Å². The van der Waals surface area contributed by atoms with Crippen molar-refractivity contribution in [3.05, 3.63) is 52.5 Å². The van der Waals surface area contributed by atoms with Gasteiger partial charge in [0.2, 0.25) is 5.89 Å². The Labute approximate surface area is 151 Å². The molecule has 1 N–H and O–H groups in total. The summed E-state index contributed by atoms with van der Waals surface area (Å²) >= 11 is 3.33. The van der Waals surface area contributed by atoms with E-state index in [1.807, 2.05) is 6.07 Å². The molecule has 0 atom stereocenters. The van der Waals surface area contributed by atoms with Crippen molar-refractivity contribution in [1.82, 2.24) is 10.2 Å². The molecule has 25 heavy (non-hydrogen) atoms. The number of anilines is 1. The maximum Gasteiger partial charge on any atom is 0.322 e. The molecule has 0 fully saturated rings. The summed E-state index contributed by atoms with van der Waals surface area (Å²) in [7, 11) is 0. The Hall–Kier alpha value is -2.87. The minimum Gasteiger partial charge on any atom is -0.486 e. The standard InChI is InChI=1S/C17H12BrN3O4/c18-12-3-1-2-10(8-12)15(22)19-17-21-20-16(25-17)11-4-5-13-14(9-11)24-7-6-23-13/h1-5,8-9H,6-7H2,(H,19,21,22). The van der Waals surface area contributed by atoms with E-state index in [1.54, 1.807) is 36.4 Å². The number of carbonyl (C=O) groups excluding carboxylic acids is 1. The number of benzene rings is 2. The molecule has 0 saturated carbocycles. The van der Waals surface area contributed by atoms with Crippen LogP contribution in [0.25, 0.3) is 11.5 Å². The molecule has 0 saturated heterocycles. The first kappa shape index (κ1) is 15.6. The second kappa shape index (κ2) is 6.56. The molecule has 0 aliphatic carbocycles. The molecule has 2 aromatic carbocycles. The molecule has 1 aromatic heterocycles. The Morgan fingerprint density at radius 1 is 1.04 bits per heavy atom. The highest BCUT2D eigenvalue weighted by Gasteiger charge is 2.17. The van der Waals surface area contributed by atoms with Crippen LogP contribution in [0.3, 0.4) is 0 Å². The van der Waals surface area contributed by atoms with Gasteiger partial charge in [-0.1, -0.05) is 27.1 Å². The number of hydrogen-bond donors (Lipinski definition) is 1. The van der Waals surface area contributed by atoms with Gasteiger partial charge in [-0.3, -0.25) is 10.1 Å². The lowest BCUT2D eigenvalue weighted by Crippen LogP contribution is -2.15. The van der Waals surface area contributed by atoms with Gasteiger partial charge in [-0.15, -0.1) is 5.10 Å². The number of nitrogens with zero attached hydrogens (tertiary/aromatic N) is 2. The van der Waals surface area contributed by atoms with Gasteiger partial charge in [-0.25, -0.2) is 0 Å². The van der Waals surface area contributed by atoms with E-state index in [0.29, 0.717) is 35.8 Å². The molecule has 7 nitrogen and oxygen atoms in total. The lowest BCUT2D eigenvalue weighted by Gasteiger charge is -2.18. The SMILES string of the molecule is O=C(Nc1nnc(-c2ccc3c(c2)OCCO3)o1)c1cccc(Br)c1. The zero-order chi connectivity index (χ0) is 17.2. The molecular formula is C17H12BrN3O4. The fourth-order valence-electron chi connectivity index (χ4n) is 2.37. The summed E-state index contributed by atoms with van der Waals surface area (Å²) in [6.07, 6.45) is 0. The summed E-state index contributed by atoms with van der Waals surface area (Å²) in [5, 5.41) is 10.4. The number of carbonyl (C=O) groups is 1. The Balaban J connectivity index is 1.53. The van der Waals surface area contributed by atoms with Crippen LogP contribution in [-0.4, -0.2) is 29.3 Å². The van der Waals surface area contributed by atoms with Crippen molar-refractivity contribution in [2.75, 3.05) is 18.5 Å². The van der Waals surface area contributed by atoms with Gasteiger partial charge in [-0.2, -0.15) is 0 Å². The second-order valence-corrected chi connectivity index (χ2v) is 6.15. The molecule has 126 valence electrons. The first-order chi connectivity index (χ1) is 12.2. The number of halogens is 1. The predicted octanol–water partition coefficient (Wildman–Crippen LogP) is 3.52. The molecule has 1 aliphatic heterocycles. The second-order valence-electron chi connectivity index (χ2n) is 5.24. The van der Waals surface area contributed by atoms with Gasteiger partial charge in [0.1, 0.15) is 13.2 Å². The minimum atomic E-state index is -0.335. The monoisotopic (exact) mass is 401 g/mol. The average molecular weight is 402 g/mol. The fraction of sp³-hybridized carbons (Fsp3) is 0.118. The first-order valence-electron chi connectivity index (χ1n) is 7.49. The van der Waals surface area contributed by atoms with Crippen molar-refractivity contribution in [2.45, 2.75) is 0 Å². The summed E-state index contributed by atoms with van der Waals surface area (Å²) in [4.78, 5) is 12.2. The van der Waals surface area contributed by atoms with Crippen molar-refractivity contribution in [3.8, 4) is 23.0 Å². The number of rotatable bonds is 3. The molecule has 0 unspecified atom stereocenters. The van der Waals surface area contributed by atoms with Gasteiger partial charge in [-0.05, 0) is 36.4 Å². The van der Waals surface area contributed by atoms with Gasteiger partial charge in [0.15, 0.2) is 11.5 Å². The number of ether oxygens (including phenoxy) is 2. The van der Waals surface area contributed by atoms with Crippen molar-refractivity contribution in [2.24, 2.45) is 0 Å². The van der Waals surface area contributed by atoms with Crippen LogP contribution in [0.1, 0.15) is 10.4 Å². The number of amides is 1. The maximum atomic E-state index is 12.2. The van der Waals surface area contributed by atoms with Crippen molar-refractivity contribution in [1.29, 1.82) is 0 Å². The number of hydrogen-bond acceptors (Lipinski definition) is 6. The number of fused-ring (bicyclic) bond motifs is 1. The van der Waals surface area contributed by atoms with Gasteiger partial charge in [0.25, 0.3) is 5.91 Å². The third kappa shape index (κ3) is 3.34. The fourth-order valence-corrected chi connectivity index (χ4v) is 2.77. The summed E-state index contributed by atoms with van der Waals surface area (Å²) < 4.78 is 17.3. The Kier molecular flexibility index (Phi) is 4.10. The predicted molar refractivity (Wildman–Crippen MR) is 92.8 cm³/mol. The van der Waals surface area contributed by atoms with E-state index < -0.39 is 0 Å². The lowest BCUT2D eigenvalue weighted by molar-refractivity contribution is 0.102. The Bertz CT molecular complexity index is 941. The average Bonchev–Trinajstić information content (AvgIpc) is 3.10. The molecule has 3 aromatic rings. The van der Waals surface area contributed by atoms with Crippen molar-refractivity contribution in [3.63, 3.8) is 0 Å². The van der Waals surface area contributed by atoms with Crippen molar-refractivity contribution < 1.29 is 18.7 Å². The quantitative estimate of drug-likeness (QED) is 0.722. The summed E-state index contributed by atoms with van der Waals surface area (Å²) in [6.45, 7) is 1.02. The Morgan fingerprint density at radius 3 is 2.72 bits per heavy atom. The van der Waals surface area contributed by atoms with E-state index >= 15 is 0 Å². The molecule has 1 aliphatic rings. The Morgan fingerprint density at radius 2 is 1.88 bits per heavy atom. The van der Waals surface area contributed by atoms with E-state index in [9.17, 15) is 4.79 Å². The van der Waals surface area contributed by atoms with E-state index in [-0.39, 0.29) is 17.8 Å². The largest absolute Gasteiger partial charge is 0.486 e. The van der Waals surface area contributed by atoms with Crippen LogP contribution in [0.15, 0.2) is 51.4 Å². The first-order valence-corrected chi connectivity index (χ1v) is 8.29. The van der Waals surface area contributed by atoms with Crippen LogP contribution in [0.4, 0.5) is 6.01 Å². The van der Waals surface area contributed by atoms with E-state index in [1.165, 1.54) is 0 Å². The van der Waals surface area contributed by atoms with Crippen LogP contribution >= 0.6 is 15.9 Å². The molecule has 0 spiro atoms. The molecule has 8 heteroatoms. The highest BCUT2D eigenvalue weighted by molar-refractivity contribution is 9.10. The third-order valence-electron chi connectivity index (χ3n) is 3.52. The van der Waals surface area contributed by atoms with Crippen LogP contribution in [0.5, 0.6) is 11.5 Å². The van der Waals surface area contributed by atoms with Crippen LogP contribution in [0.2, 0.25) is 0 Å². The van der Waals surface area contributed by atoms with E-state index in [2.05, 4.69) is 31.4 Å².